The van der Waals surface area contributed by atoms with Gasteiger partial charge >= 0.3 is 0 Å². The first kappa shape index (κ1) is 14.9. The van der Waals surface area contributed by atoms with Gasteiger partial charge in [-0.2, -0.15) is 4.98 Å². The molecule has 118 valence electrons. The summed E-state index contributed by atoms with van der Waals surface area (Å²) in [6, 6.07) is 0. The van der Waals surface area contributed by atoms with Crippen molar-refractivity contribution in [2.24, 2.45) is 5.92 Å². The van der Waals surface area contributed by atoms with E-state index in [1.165, 1.54) is 0 Å². The quantitative estimate of drug-likeness (QED) is 0.843. The smallest absolute Gasteiger partial charge is 0.256 e. The zero-order valence-electron chi connectivity index (χ0n) is 13.0. The maximum absolute atomic E-state index is 12.0. The van der Waals surface area contributed by atoms with Crippen LogP contribution in [0.2, 0.25) is 0 Å². The van der Waals surface area contributed by atoms with E-state index in [4.69, 9.17) is 4.52 Å². The predicted molar refractivity (Wildman–Crippen MR) is 80.3 cm³/mol. The van der Waals surface area contributed by atoms with Crippen LogP contribution in [-0.2, 0) is 13.1 Å². The molecule has 0 aliphatic carbocycles. The molecule has 7 nitrogen and oxygen atoms in total. The molecule has 0 atom stereocenters. The number of aryl methyl sites for hydroxylation is 2. The Hall–Kier alpha value is -2.02. The Balaban J connectivity index is 1.53. The summed E-state index contributed by atoms with van der Waals surface area (Å²) in [5.41, 5.74) is 0.769. The first-order valence-electron chi connectivity index (χ1n) is 7.64. The van der Waals surface area contributed by atoms with Crippen LogP contribution in [-0.4, -0.2) is 37.7 Å². The van der Waals surface area contributed by atoms with Crippen LogP contribution in [0.25, 0.3) is 0 Å². The second-order valence-corrected chi connectivity index (χ2v) is 5.99. The average Bonchev–Trinajstić information content (AvgIpc) is 2.91. The molecule has 7 heteroatoms. The van der Waals surface area contributed by atoms with Crippen LogP contribution in [0.1, 0.15) is 30.1 Å². The number of hydrogen-bond acceptors (Lipinski definition) is 6. The molecule has 22 heavy (non-hydrogen) atoms. The summed E-state index contributed by atoms with van der Waals surface area (Å²) < 4.78 is 6.90. The molecule has 0 saturated carbocycles. The van der Waals surface area contributed by atoms with Crippen molar-refractivity contribution in [2.75, 3.05) is 13.1 Å². The van der Waals surface area contributed by atoms with E-state index in [2.05, 4.69) is 20.0 Å². The van der Waals surface area contributed by atoms with Crippen molar-refractivity contribution in [1.82, 2.24) is 24.6 Å². The highest BCUT2D eigenvalue weighted by atomic mass is 16.5. The highest BCUT2D eigenvalue weighted by Crippen LogP contribution is 2.19. The van der Waals surface area contributed by atoms with E-state index in [-0.39, 0.29) is 5.56 Å². The fourth-order valence-corrected chi connectivity index (χ4v) is 2.89. The number of rotatable bonds is 4. The van der Waals surface area contributed by atoms with Gasteiger partial charge in [0.1, 0.15) is 0 Å². The van der Waals surface area contributed by atoms with Crippen molar-refractivity contribution in [3.63, 3.8) is 0 Å². The van der Waals surface area contributed by atoms with Crippen LogP contribution in [0.3, 0.4) is 0 Å². The SMILES string of the molecule is Cc1noc(CN2CCC(Cn3cncc(C)c3=O)CC2)n1. The lowest BCUT2D eigenvalue weighted by atomic mass is 9.96. The molecule has 3 heterocycles. The molecule has 0 aromatic carbocycles. The molecule has 0 spiro atoms. The zero-order valence-corrected chi connectivity index (χ0v) is 13.0. The fourth-order valence-electron chi connectivity index (χ4n) is 2.89. The maximum Gasteiger partial charge on any atom is 0.256 e. The minimum absolute atomic E-state index is 0.0683. The van der Waals surface area contributed by atoms with Crippen molar-refractivity contribution in [3.8, 4) is 0 Å². The zero-order chi connectivity index (χ0) is 15.5. The lowest BCUT2D eigenvalue weighted by molar-refractivity contribution is 0.150. The molecule has 0 unspecified atom stereocenters. The Kier molecular flexibility index (Phi) is 4.33. The summed E-state index contributed by atoms with van der Waals surface area (Å²) in [7, 11) is 0. The largest absolute Gasteiger partial charge is 0.338 e. The maximum atomic E-state index is 12.0. The molecule has 1 aliphatic rings. The average molecular weight is 303 g/mol. The number of likely N-dealkylation sites (tertiary alicyclic amines) is 1. The summed E-state index contributed by atoms with van der Waals surface area (Å²) >= 11 is 0. The van der Waals surface area contributed by atoms with Gasteiger partial charge in [0.05, 0.1) is 12.9 Å². The highest BCUT2D eigenvalue weighted by Gasteiger charge is 2.21. The van der Waals surface area contributed by atoms with Crippen LogP contribution >= 0.6 is 0 Å². The third kappa shape index (κ3) is 3.41. The van der Waals surface area contributed by atoms with Gasteiger partial charge in [-0.1, -0.05) is 5.16 Å². The molecule has 3 rings (SSSR count). The Morgan fingerprint density at radius 3 is 2.77 bits per heavy atom. The number of nitrogens with zero attached hydrogens (tertiary/aromatic N) is 5. The Bertz CT molecular complexity index is 685. The van der Waals surface area contributed by atoms with Crippen LogP contribution < -0.4 is 5.56 Å². The van der Waals surface area contributed by atoms with Crippen LogP contribution in [0, 0.1) is 19.8 Å². The molecule has 0 radical (unpaired) electrons. The molecular formula is C15H21N5O2. The van der Waals surface area contributed by atoms with Crippen molar-refractivity contribution in [2.45, 2.75) is 39.8 Å². The summed E-state index contributed by atoms with van der Waals surface area (Å²) in [5.74, 6) is 1.87. The van der Waals surface area contributed by atoms with E-state index >= 15 is 0 Å². The molecule has 1 aliphatic heterocycles. The molecular weight excluding hydrogens is 282 g/mol. The van der Waals surface area contributed by atoms with Gasteiger partial charge in [0.15, 0.2) is 5.82 Å². The molecule has 2 aromatic heterocycles. The van der Waals surface area contributed by atoms with Crippen molar-refractivity contribution in [3.05, 3.63) is 40.2 Å². The molecule has 1 fully saturated rings. The third-order valence-corrected chi connectivity index (χ3v) is 4.16. The minimum Gasteiger partial charge on any atom is -0.338 e. The standard InChI is InChI=1S/C15H21N5O2/c1-11-7-16-10-20(15(11)21)8-13-3-5-19(6-4-13)9-14-17-12(2)18-22-14/h7,10,13H,3-6,8-9H2,1-2H3. The molecule has 0 amide bonds. The fraction of sp³-hybridized carbons (Fsp3) is 0.600. The predicted octanol–water partition coefficient (Wildman–Crippen LogP) is 1.16. The topological polar surface area (TPSA) is 77.0 Å². The lowest BCUT2D eigenvalue weighted by Gasteiger charge is -2.31. The molecule has 2 aromatic rings. The van der Waals surface area contributed by atoms with Crippen LogP contribution in [0.4, 0.5) is 0 Å². The first-order chi connectivity index (χ1) is 10.6. The number of piperidine rings is 1. The van der Waals surface area contributed by atoms with E-state index in [0.717, 1.165) is 32.5 Å². The van der Waals surface area contributed by atoms with E-state index in [9.17, 15) is 4.79 Å². The van der Waals surface area contributed by atoms with Crippen molar-refractivity contribution < 1.29 is 4.52 Å². The third-order valence-electron chi connectivity index (χ3n) is 4.16. The summed E-state index contributed by atoms with van der Waals surface area (Å²) in [6.07, 6.45) is 5.39. The highest BCUT2D eigenvalue weighted by molar-refractivity contribution is 5.00. The van der Waals surface area contributed by atoms with Gasteiger partial charge in [-0.3, -0.25) is 14.3 Å². The van der Waals surface area contributed by atoms with E-state index in [1.54, 1.807) is 24.0 Å². The monoisotopic (exact) mass is 303 g/mol. The van der Waals surface area contributed by atoms with Gasteiger partial charge in [-0.15, -0.1) is 0 Å². The normalized spacial score (nSPS) is 17.0. The van der Waals surface area contributed by atoms with Gasteiger partial charge in [-0.25, -0.2) is 4.98 Å². The van der Waals surface area contributed by atoms with Gasteiger partial charge in [0.25, 0.3) is 5.56 Å². The van der Waals surface area contributed by atoms with Crippen molar-refractivity contribution in [1.29, 1.82) is 0 Å². The second-order valence-electron chi connectivity index (χ2n) is 5.99. The number of hydrogen-bond donors (Lipinski definition) is 0. The number of aromatic nitrogens is 4. The summed E-state index contributed by atoms with van der Waals surface area (Å²) in [6.45, 7) is 7.06. The molecule has 1 saturated heterocycles. The Morgan fingerprint density at radius 2 is 2.09 bits per heavy atom. The van der Waals surface area contributed by atoms with Crippen LogP contribution in [0.5, 0.6) is 0 Å². The lowest BCUT2D eigenvalue weighted by Crippen LogP contribution is -2.36. The molecule has 0 N–H and O–H groups in total. The second kappa shape index (κ2) is 6.39. The van der Waals surface area contributed by atoms with Gasteiger partial charge in [-0.05, 0) is 45.7 Å². The summed E-state index contributed by atoms with van der Waals surface area (Å²) in [4.78, 5) is 22.7. The van der Waals surface area contributed by atoms with Gasteiger partial charge in [0, 0.05) is 18.3 Å². The Morgan fingerprint density at radius 1 is 1.32 bits per heavy atom. The van der Waals surface area contributed by atoms with Crippen molar-refractivity contribution >= 4 is 0 Å². The molecule has 0 bridgehead atoms. The summed E-state index contributed by atoms with van der Waals surface area (Å²) in [5, 5.41) is 3.81. The van der Waals surface area contributed by atoms with E-state index in [1.807, 2.05) is 6.92 Å². The van der Waals surface area contributed by atoms with E-state index in [0.29, 0.717) is 29.7 Å². The Labute approximate surface area is 129 Å². The van der Waals surface area contributed by atoms with Gasteiger partial charge < -0.3 is 4.52 Å². The van der Waals surface area contributed by atoms with E-state index < -0.39 is 0 Å². The minimum atomic E-state index is 0.0683. The van der Waals surface area contributed by atoms with Gasteiger partial charge in [0.2, 0.25) is 5.89 Å². The van der Waals surface area contributed by atoms with Crippen LogP contribution in [0.15, 0.2) is 21.8 Å². The first-order valence-corrected chi connectivity index (χ1v) is 7.64.